The standard InChI is InChI=1S/C15H15FN4O2/c1-19-13(12(9-17)14(21)20(2)15(19)22)18-7-6-10-4-3-5-11(16)8-10/h3-5,8,18H,6-7H2,1-2H3. The molecule has 0 fully saturated rings. The van der Waals surface area contributed by atoms with Crippen molar-refractivity contribution in [3.63, 3.8) is 0 Å². The van der Waals surface area contributed by atoms with Crippen LogP contribution in [-0.4, -0.2) is 15.7 Å². The van der Waals surface area contributed by atoms with Crippen molar-refractivity contribution in [2.24, 2.45) is 14.1 Å². The summed E-state index contributed by atoms with van der Waals surface area (Å²) in [6.07, 6.45) is 0.492. The highest BCUT2D eigenvalue weighted by atomic mass is 19.1. The zero-order chi connectivity index (χ0) is 16.3. The van der Waals surface area contributed by atoms with E-state index in [1.807, 2.05) is 6.07 Å². The number of aromatic nitrogens is 2. The molecule has 22 heavy (non-hydrogen) atoms. The molecule has 2 aromatic rings. The monoisotopic (exact) mass is 302 g/mol. The van der Waals surface area contributed by atoms with E-state index >= 15 is 0 Å². The molecule has 0 aliphatic rings. The molecule has 7 heteroatoms. The van der Waals surface area contributed by atoms with Gasteiger partial charge in [0.15, 0.2) is 5.56 Å². The molecular formula is C15H15FN4O2. The van der Waals surface area contributed by atoms with Crippen LogP contribution >= 0.6 is 0 Å². The number of halogens is 1. The van der Waals surface area contributed by atoms with Crippen molar-refractivity contribution < 1.29 is 4.39 Å². The van der Waals surface area contributed by atoms with Crippen LogP contribution in [0.5, 0.6) is 0 Å². The maximum absolute atomic E-state index is 13.1. The van der Waals surface area contributed by atoms with Crippen LogP contribution in [0, 0.1) is 17.1 Å². The third kappa shape index (κ3) is 2.91. The van der Waals surface area contributed by atoms with Gasteiger partial charge >= 0.3 is 5.69 Å². The lowest BCUT2D eigenvalue weighted by Crippen LogP contribution is -2.40. The normalized spacial score (nSPS) is 10.3. The molecule has 0 aliphatic heterocycles. The molecular weight excluding hydrogens is 287 g/mol. The van der Waals surface area contributed by atoms with Gasteiger partial charge in [-0.05, 0) is 24.1 Å². The fourth-order valence-electron chi connectivity index (χ4n) is 2.17. The Morgan fingerprint density at radius 2 is 2.00 bits per heavy atom. The number of nitrogens with zero attached hydrogens (tertiary/aromatic N) is 3. The van der Waals surface area contributed by atoms with Crippen molar-refractivity contribution in [3.05, 3.63) is 62.0 Å². The van der Waals surface area contributed by atoms with Crippen molar-refractivity contribution in [3.8, 4) is 6.07 Å². The molecule has 0 atom stereocenters. The van der Waals surface area contributed by atoms with Crippen molar-refractivity contribution in [2.45, 2.75) is 6.42 Å². The predicted molar refractivity (Wildman–Crippen MR) is 80.2 cm³/mol. The number of benzene rings is 1. The second-order valence-corrected chi connectivity index (χ2v) is 4.85. The summed E-state index contributed by atoms with van der Waals surface area (Å²) in [5, 5.41) is 12.0. The van der Waals surface area contributed by atoms with E-state index in [9.17, 15) is 14.0 Å². The first-order valence-electron chi connectivity index (χ1n) is 6.64. The van der Waals surface area contributed by atoms with Crippen molar-refractivity contribution in [1.29, 1.82) is 5.26 Å². The van der Waals surface area contributed by atoms with Gasteiger partial charge in [0.25, 0.3) is 5.56 Å². The number of hydrogen-bond donors (Lipinski definition) is 1. The summed E-state index contributed by atoms with van der Waals surface area (Å²) in [6, 6.07) is 7.97. The van der Waals surface area contributed by atoms with E-state index < -0.39 is 11.2 Å². The maximum Gasteiger partial charge on any atom is 0.332 e. The number of nitriles is 1. The smallest absolute Gasteiger partial charge is 0.332 e. The molecule has 0 aliphatic carbocycles. The van der Waals surface area contributed by atoms with Crippen molar-refractivity contribution in [1.82, 2.24) is 9.13 Å². The zero-order valence-electron chi connectivity index (χ0n) is 12.3. The van der Waals surface area contributed by atoms with Gasteiger partial charge in [0.05, 0.1) is 0 Å². The first kappa shape index (κ1) is 15.5. The zero-order valence-corrected chi connectivity index (χ0v) is 12.3. The Balaban J connectivity index is 2.25. The van der Waals surface area contributed by atoms with Gasteiger partial charge in [-0.15, -0.1) is 0 Å². The topological polar surface area (TPSA) is 79.8 Å². The van der Waals surface area contributed by atoms with Crippen LogP contribution in [0.4, 0.5) is 10.2 Å². The summed E-state index contributed by atoms with van der Waals surface area (Å²) >= 11 is 0. The van der Waals surface area contributed by atoms with Gasteiger partial charge in [-0.2, -0.15) is 5.26 Å². The molecule has 0 unspecified atom stereocenters. The number of nitrogens with one attached hydrogen (secondary N) is 1. The van der Waals surface area contributed by atoms with E-state index in [4.69, 9.17) is 5.26 Å². The Morgan fingerprint density at radius 3 is 2.64 bits per heavy atom. The molecule has 0 bridgehead atoms. The van der Waals surface area contributed by atoms with E-state index in [2.05, 4.69) is 5.32 Å². The summed E-state index contributed by atoms with van der Waals surface area (Å²) in [5.41, 5.74) is -0.500. The molecule has 0 saturated carbocycles. The van der Waals surface area contributed by atoms with Gasteiger partial charge in [-0.3, -0.25) is 13.9 Å². The molecule has 1 N–H and O–H groups in total. The summed E-state index contributed by atoms with van der Waals surface area (Å²) in [4.78, 5) is 23.8. The lowest BCUT2D eigenvalue weighted by Gasteiger charge is -2.13. The van der Waals surface area contributed by atoms with E-state index in [-0.39, 0.29) is 17.2 Å². The second kappa shape index (κ2) is 6.26. The van der Waals surface area contributed by atoms with Crippen molar-refractivity contribution in [2.75, 3.05) is 11.9 Å². The maximum atomic E-state index is 13.1. The highest BCUT2D eigenvalue weighted by molar-refractivity contribution is 5.51. The van der Waals surface area contributed by atoms with Crippen LogP contribution in [0.2, 0.25) is 0 Å². The molecule has 1 aromatic heterocycles. The highest BCUT2D eigenvalue weighted by Crippen LogP contribution is 2.08. The van der Waals surface area contributed by atoms with Gasteiger partial charge in [-0.1, -0.05) is 12.1 Å². The molecule has 114 valence electrons. The predicted octanol–water partition coefficient (Wildman–Crippen LogP) is 0.749. The molecule has 0 spiro atoms. The summed E-state index contributed by atoms with van der Waals surface area (Å²) < 4.78 is 15.2. The van der Waals surface area contributed by atoms with E-state index in [1.165, 1.54) is 30.8 Å². The number of anilines is 1. The summed E-state index contributed by atoms with van der Waals surface area (Å²) in [5.74, 6) is -0.150. The Morgan fingerprint density at radius 1 is 1.27 bits per heavy atom. The van der Waals surface area contributed by atoms with Gasteiger partial charge < -0.3 is 5.32 Å². The second-order valence-electron chi connectivity index (χ2n) is 4.85. The molecule has 0 saturated heterocycles. The Hall–Kier alpha value is -2.88. The van der Waals surface area contributed by atoms with E-state index in [1.54, 1.807) is 12.1 Å². The highest BCUT2D eigenvalue weighted by Gasteiger charge is 2.14. The quantitative estimate of drug-likeness (QED) is 0.904. The fourth-order valence-corrected chi connectivity index (χ4v) is 2.17. The van der Waals surface area contributed by atoms with Crippen LogP contribution < -0.4 is 16.6 Å². The van der Waals surface area contributed by atoms with Crippen LogP contribution in [-0.2, 0) is 20.5 Å². The number of rotatable bonds is 4. The summed E-state index contributed by atoms with van der Waals surface area (Å²) in [6.45, 7) is 0.360. The SMILES string of the molecule is Cn1c(NCCc2cccc(F)c2)c(C#N)c(=O)n(C)c1=O. The third-order valence-electron chi connectivity index (χ3n) is 3.37. The van der Waals surface area contributed by atoms with Crippen LogP contribution in [0.15, 0.2) is 33.9 Å². The van der Waals surface area contributed by atoms with Crippen LogP contribution in [0.25, 0.3) is 0 Å². The Labute approximate surface area is 126 Å². The average Bonchev–Trinajstić information content (AvgIpc) is 2.50. The Bertz CT molecular complexity index is 861. The molecule has 2 rings (SSSR count). The van der Waals surface area contributed by atoms with Gasteiger partial charge in [0.2, 0.25) is 0 Å². The molecule has 0 radical (unpaired) electrons. The largest absolute Gasteiger partial charge is 0.370 e. The minimum Gasteiger partial charge on any atom is -0.370 e. The minimum absolute atomic E-state index is 0.121. The first-order chi connectivity index (χ1) is 10.5. The Kier molecular flexibility index (Phi) is 4.41. The number of hydrogen-bond acceptors (Lipinski definition) is 4. The van der Waals surface area contributed by atoms with E-state index in [0.29, 0.717) is 13.0 Å². The lowest BCUT2D eigenvalue weighted by atomic mass is 10.1. The van der Waals surface area contributed by atoms with Crippen LogP contribution in [0.1, 0.15) is 11.1 Å². The van der Waals surface area contributed by atoms with Gasteiger partial charge in [-0.25, -0.2) is 9.18 Å². The average molecular weight is 302 g/mol. The molecule has 1 aromatic carbocycles. The minimum atomic E-state index is -0.640. The molecule has 0 amide bonds. The van der Waals surface area contributed by atoms with Gasteiger partial charge in [0.1, 0.15) is 17.7 Å². The first-order valence-corrected chi connectivity index (χ1v) is 6.64. The summed E-state index contributed by atoms with van der Waals surface area (Å²) in [7, 11) is 2.80. The van der Waals surface area contributed by atoms with E-state index in [0.717, 1.165) is 10.1 Å². The third-order valence-corrected chi connectivity index (χ3v) is 3.37. The fraction of sp³-hybridized carbons (Fsp3) is 0.267. The van der Waals surface area contributed by atoms with Crippen LogP contribution in [0.3, 0.4) is 0 Å². The molecule has 6 nitrogen and oxygen atoms in total. The molecule has 1 heterocycles. The van der Waals surface area contributed by atoms with Gasteiger partial charge in [0, 0.05) is 20.6 Å². The van der Waals surface area contributed by atoms with Crippen molar-refractivity contribution >= 4 is 5.82 Å². The lowest BCUT2D eigenvalue weighted by molar-refractivity contribution is 0.625.